The van der Waals surface area contributed by atoms with Crippen molar-refractivity contribution >= 4 is 28.1 Å². The Labute approximate surface area is 144 Å². The zero-order chi connectivity index (χ0) is 17.2. The van der Waals surface area contributed by atoms with Gasteiger partial charge in [-0.05, 0) is 24.3 Å². The molecule has 122 valence electrons. The minimum atomic E-state index is -0.138. The topological polar surface area (TPSA) is 72.9 Å². The molecular weight excluding hydrogens is 312 g/mol. The number of rotatable bonds is 3. The molecule has 0 aliphatic carbocycles. The Hall–Kier alpha value is -3.60. The Morgan fingerprint density at radius 1 is 0.920 bits per heavy atom. The molecule has 0 bridgehead atoms. The summed E-state index contributed by atoms with van der Waals surface area (Å²) in [6.07, 6.45) is 3.17. The van der Waals surface area contributed by atoms with Crippen molar-refractivity contribution in [3.8, 4) is 5.69 Å². The molecule has 3 N–H and O–H groups in total. The SMILES string of the molecule is Nc1cncc2c1c(=O)cc(Nc1ccccc1)n2-c1ccccc1. The second-order valence-corrected chi connectivity index (χ2v) is 5.68. The van der Waals surface area contributed by atoms with E-state index in [1.54, 1.807) is 12.3 Å². The number of anilines is 3. The van der Waals surface area contributed by atoms with Crippen LogP contribution in [0.1, 0.15) is 0 Å². The molecule has 0 aliphatic heterocycles. The van der Waals surface area contributed by atoms with Gasteiger partial charge < -0.3 is 11.1 Å². The van der Waals surface area contributed by atoms with E-state index in [-0.39, 0.29) is 5.43 Å². The third kappa shape index (κ3) is 2.72. The molecule has 0 unspecified atom stereocenters. The minimum absolute atomic E-state index is 0.138. The van der Waals surface area contributed by atoms with E-state index in [1.807, 2.05) is 65.2 Å². The summed E-state index contributed by atoms with van der Waals surface area (Å²) in [6.45, 7) is 0. The fraction of sp³-hybridized carbons (Fsp3) is 0. The number of benzene rings is 2. The summed E-state index contributed by atoms with van der Waals surface area (Å²) in [5.41, 5.74) is 8.72. The van der Waals surface area contributed by atoms with E-state index in [9.17, 15) is 4.79 Å². The molecule has 0 aliphatic rings. The van der Waals surface area contributed by atoms with Gasteiger partial charge in [-0.2, -0.15) is 0 Å². The molecule has 4 rings (SSSR count). The second kappa shape index (κ2) is 6.13. The maximum atomic E-state index is 12.6. The lowest BCUT2D eigenvalue weighted by Crippen LogP contribution is -2.14. The molecule has 2 heterocycles. The Bertz CT molecular complexity index is 1090. The Balaban J connectivity index is 2.03. The van der Waals surface area contributed by atoms with E-state index in [1.165, 1.54) is 6.20 Å². The Morgan fingerprint density at radius 3 is 2.32 bits per heavy atom. The molecule has 0 saturated carbocycles. The molecule has 2 aromatic carbocycles. The third-order valence-electron chi connectivity index (χ3n) is 4.01. The van der Waals surface area contributed by atoms with E-state index in [0.717, 1.165) is 11.4 Å². The second-order valence-electron chi connectivity index (χ2n) is 5.68. The van der Waals surface area contributed by atoms with Crippen LogP contribution in [0.4, 0.5) is 17.2 Å². The number of pyridine rings is 2. The molecule has 0 amide bonds. The van der Waals surface area contributed by atoms with E-state index in [2.05, 4.69) is 10.3 Å². The number of hydrogen-bond donors (Lipinski definition) is 2. The smallest absolute Gasteiger partial charge is 0.193 e. The van der Waals surface area contributed by atoms with Crippen LogP contribution < -0.4 is 16.5 Å². The minimum Gasteiger partial charge on any atom is -0.397 e. The molecule has 4 aromatic rings. The summed E-state index contributed by atoms with van der Waals surface area (Å²) in [4.78, 5) is 16.8. The predicted molar refractivity (Wildman–Crippen MR) is 101 cm³/mol. The van der Waals surface area contributed by atoms with Crippen molar-refractivity contribution in [1.29, 1.82) is 0 Å². The van der Waals surface area contributed by atoms with E-state index < -0.39 is 0 Å². The van der Waals surface area contributed by atoms with Gasteiger partial charge in [0.15, 0.2) is 5.43 Å². The molecule has 5 nitrogen and oxygen atoms in total. The van der Waals surface area contributed by atoms with E-state index in [4.69, 9.17) is 5.73 Å². The van der Waals surface area contributed by atoms with Crippen molar-refractivity contribution in [2.24, 2.45) is 0 Å². The molecule has 5 heteroatoms. The number of aromatic nitrogens is 2. The van der Waals surface area contributed by atoms with Crippen molar-refractivity contribution in [2.75, 3.05) is 11.1 Å². The maximum Gasteiger partial charge on any atom is 0.193 e. The number of hydrogen-bond acceptors (Lipinski definition) is 4. The highest BCUT2D eigenvalue weighted by Crippen LogP contribution is 2.26. The van der Waals surface area contributed by atoms with Gasteiger partial charge in [0.2, 0.25) is 0 Å². The standard InChI is InChI=1S/C20H16N4O/c21-16-12-22-13-17-20(16)18(25)11-19(23-14-7-3-1-4-8-14)24(17)15-9-5-2-6-10-15/h1-13,23H,21H2. The zero-order valence-electron chi connectivity index (χ0n) is 13.4. The molecule has 25 heavy (non-hydrogen) atoms. The van der Waals surface area contributed by atoms with Gasteiger partial charge in [-0.3, -0.25) is 14.3 Å². The number of nitrogen functional groups attached to an aromatic ring is 1. The van der Waals surface area contributed by atoms with Crippen LogP contribution in [0.15, 0.2) is 83.9 Å². The van der Waals surface area contributed by atoms with Gasteiger partial charge in [0, 0.05) is 17.4 Å². The van der Waals surface area contributed by atoms with Gasteiger partial charge in [0.25, 0.3) is 0 Å². The number of fused-ring (bicyclic) bond motifs is 1. The largest absolute Gasteiger partial charge is 0.397 e. The maximum absolute atomic E-state index is 12.6. The monoisotopic (exact) mass is 328 g/mol. The molecule has 2 aromatic heterocycles. The summed E-state index contributed by atoms with van der Waals surface area (Å²) in [5.74, 6) is 0.655. The summed E-state index contributed by atoms with van der Waals surface area (Å²) >= 11 is 0. The first-order valence-electron chi connectivity index (χ1n) is 7.91. The normalized spacial score (nSPS) is 10.7. The highest BCUT2D eigenvalue weighted by Gasteiger charge is 2.13. The molecule has 0 fully saturated rings. The van der Waals surface area contributed by atoms with Crippen molar-refractivity contribution < 1.29 is 0 Å². The van der Waals surface area contributed by atoms with Crippen LogP contribution in [0.5, 0.6) is 0 Å². The first-order valence-corrected chi connectivity index (χ1v) is 7.91. The Morgan fingerprint density at radius 2 is 1.60 bits per heavy atom. The Kier molecular flexibility index (Phi) is 3.67. The fourth-order valence-electron chi connectivity index (χ4n) is 2.91. The van der Waals surface area contributed by atoms with Gasteiger partial charge >= 0.3 is 0 Å². The van der Waals surface area contributed by atoms with Crippen molar-refractivity contribution in [1.82, 2.24) is 9.55 Å². The predicted octanol–water partition coefficient (Wildman–Crippen LogP) is 3.71. The highest BCUT2D eigenvalue weighted by molar-refractivity contribution is 5.92. The zero-order valence-corrected chi connectivity index (χ0v) is 13.4. The first kappa shape index (κ1) is 15.0. The molecule has 0 spiro atoms. The van der Waals surface area contributed by atoms with Gasteiger partial charge in [0.05, 0.1) is 29.0 Å². The fourth-order valence-corrected chi connectivity index (χ4v) is 2.91. The lowest BCUT2D eigenvalue weighted by Gasteiger charge is -2.18. The van der Waals surface area contributed by atoms with Crippen LogP contribution in [0.2, 0.25) is 0 Å². The van der Waals surface area contributed by atoms with E-state index in [0.29, 0.717) is 22.4 Å². The average Bonchev–Trinajstić information content (AvgIpc) is 2.63. The van der Waals surface area contributed by atoms with Gasteiger partial charge in [-0.25, -0.2) is 0 Å². The van der Waals surface area contributed by atoms with Crippen LogP contribution in [0, 0.1) is 0 Å². The molecule has 0 radical (unpaired) electrons. The summed E-state index contributed by atoms with van der Waals surface area (Å²) in [5, 5.41) is 3.79. The average molecular weight is 328 g/mol. The number of nitrogens with zero attached hydrogens (tertiary/aromatic N) is 2. The van der Waals surface area contributed by atoms with Crippen LogP contribution in [-0.2, 0) is 0 Å². The first-order chi connectivity index (χ1) is 12.2. The lowest BCUT2D eigenvalue weighted by molar-refractivity contribution is 1.09. The van der Waals surface area contributed by atoms with Crippen LogP contribution in [0.25, 0.3) is 16.6 Å². The van der Waals surface area contributed by atoms with Crippen LogP contribution >= 0.6 is 0 Å². The number of para-hydroxylation sites is 2. The van der Waals surface area contributed by atoms with Crippen molar-refractivity contribution in [3.63, 3.8) is 0 Å². The van der Waals surface area contributed by atoms with Gasteiger partial charge in [0.1, 0.15) is 5.82 Å². The van der Waals surface area contributed by atoms with E-state index >= 15 is 0 Å². The van der Waals surface area contributed by atoms with Gasteiger partial charge in [-0.15, -0.1) is 0 Å². The van der Waals surface area contributed by atoms with Crippen LogP contribution in [-0.4, -0.2) is 9.55 Å². The molecule has 0 atom stereocenters. The third-order valence-corrected chi connectivity index (χ3v) is 4.01. The van der Waals surface area contributed by atoms with Gasteiger partial charge in [-0.1, -0.05) is 36.4 Å². The quantitative estimate of drug-likeness (QED) is 0.601. The summed E-state index contributed by atoms with van der Waals surface area (Å²) < 4.78 is 1.95. The molecular formula is C20H16N4O. The lowest BCUT2D eigenvalue weighted by atomic mass is 10.2. The number of nitrogens with one attached hydrogen (secondary N) is 1. The van der Waals surface area contributed by atoms with Crippen molar-refractivity contribution in [3.05, 3.63) is 89.3 Å². The number of nitrogens with two attached hydrogens (primary N) is 1. The van der Waals surface area contributed by atoms with Crippen molar-refractivity contribution in [2.45, 2.75) is 0 Å². The molecule has 0 saturated heterocycles. The summed E-state index contributed by atoms with van der Waals surface area (Å²) in [7, 11) is 0. The summed E-state index contributed by atoms with van der Waals surface area (Å²) in [6, 6.07) is 21.1. The highest BCUT2D eigenvalue weighted by atomic mass is 16.1. The van der Waals surface area contributed by atoms with Crippen LogP contribution in [0.3, 0.4) is 0 Å².